The normalized spacial score (nSPS) is 10.3. The standard InChI is InChI=1S/C17H13N3O3S/c21-15(19-13-3-1-2-12(8-13)17(22)23)9-14-10-24-16(20-14)11-4-6-18-7-5-11/h1-8,10H,9H2,(H,19,21)(H,22,23). The van der Waals surface area contributed by atoms with Crippen LogP contribution in [0.1, 0.15) is 16.1 Å². The van der Waals surface area contributed by atoms with Crippen molar-refractivity contribution >= 4 is 28.9 Å². The number of pyridine rings is 1. The van der Waals surface area contributed by atoms with E-state index >= 15 is 0 Å². The van der Waals surface area contributed by atoms with Gasteiger partial charge < -0.3 is 10.4 Å². The van der Waals surface area contributed by atoms with Crippen LogP contribution in [0.2, 0.25) is 0 Å². The van der Waals surface area contributed by atoms with Crippen LogP contribution in [0, 0.1) is 0 Å². The second-order valence-corrected chi connectivity index (χ2v) is 5.85. The number of carbonyl (C=O) groups excluding carboxylic acids is 1. The lowest BCUT2D eigenvalue weighted by Crippen LogP contribution is -2.15. The molecule has 0 bridgehead atoms. The minimum absolute atomic E-state index is 0.124. The molecule has 3 aromatic rings. The molecule has 0 aliphatic rings. The lowest BCUT2D eigenvalue weighted by molar-refractivity contribution is -0.115. The summed E-state index contributed by atoms with van der Waals surface area (Å²) in [6.07, 6.45) is 3.51. The summed E-state index contributed by atoms with van der Waals surface area (Å²) in [7, 11) is 0. The Labute approximate surface area is 141 Å². The van der Waals surface area contributed by atoms with E-state index in [0.29, 0.717) is 11.4 Å². The zero-order chi connectivity index (χ0) is 16.9. The van der Waals surface area contributed by atoms with Crippen LogP contribution in [0.15, 0.2) is 54.2 Å². The van der Waals surface area contributed by atoms with Gasteiger partial charge in [0.1, 0.15) is 5.01 Å². The number of benzene rings is 1. The van der Waals surface area contributed by atoms with E-state index in [4.69, 9.17) is 5.11 Å². The third-order valence-electron chi connectivity index (χ3n) is 3.21. The summed E-state index contributed by atoms with van der Waals surface area (Å²) >= 11 is 1.46. The minimum Gasteiger partial charge on any atom is -0.478 e. The monoisotopic (exact) mass is 339 g/mol. The van der Waals surface area contributed by atoms with Gasteiger partial charge in [-0.1, -0.05) is 6.07 Å². The molecule has 2 aromatic heterocycles. The van der Waals surface area contributed by atoms with E-state index in [0.717, 1.165) is 10.6 Å². The average Bonchev–Trinajstić information content (AvgIpc) is 3.04. The van der Waals surface area contributed by atoms with E-state index in [-0.39, 0.29) is 17.9 Å². The Morgan fingerprint density at radius 3 is 2.71 bits per heavy atom. The van der Waals surface area contributed by atoms with Gasteiger partial charge in [0.05, 0.1) is 17.7 Å². The predicted octanol–water partition coefficient (Wildman–Crippen LogP) is 3.08. The highest BCUT2D eigenvalue weighted by atomic mass is 32.1. The van der Waals surface area contributed by atoms with Crippen LogP contribution >= 0.6 is 11.3 Å². The first-order valence-electron chi connectivity index (χ1n) is 7.10. The van der Waals surface area contributed by atoms with Crippen LogP contribution in [-0.4, -0.2) is 27.0 Å². The van der Waals surface area contributed by atoms with E-state index in [1.165, 1.54) is 23.5 Å². The smallest absolute Gasteiger partial charge is 0.335 e. The summed E-state index contributed by atoms with van der Waals surface area (Å²) < 4.78 is 0. The Hall–Kier alpha value is -3.06. The molecule has 0 atom stereocenters. The molecular formula is C17H13N3O3S. The fraction of sp³-hybridized carbons (Fsp3) is 0.0588. The number of nitrogens with one attached hydrogen (secondary N) is 1. The van der Waals surface area contributed by atoms with Gasteiger partial charge in [-0.25, -0.2) is 9.78 Å². The van der Waals surface area contributed by atoms with Gasteiger partial charge in [0.25, 0.3) is 0 Å². The molecule has 2 heterocycles. The zero-order valence-corrected chi connectivity index (χ0v) is 13.3. The maximum Gasteiger partial charge on any atom is 0.335 e. The number of aromatic nitrogens is 2. The molecule has 120 valence electrons. The molecule has 0 aliphatic heterocycles. The summed E-state index contributed by atoms with van der Waals surface area (Å²) in [6.45, 7) is 0. The zero-order valence-electron chi connectivity index (χ0n) is 12.5. The number of thiazole rings is 1. The maximum atomic E-state index is 12.1. The minimum atomic E-state index is -1.03. The van der Waals surface area contributed by atoms with Crippen molar-refractivity contribution in [3.63, 3.8) is 0 Å². The van der Waals surface area contributed by atoms with Gasteiger partial charge in [-0.05, 0) is 30.3 Å². The molecule has 0 fully saturated rings. The summed E-state index contributed by atoms with van der Waals surface area (Å²) in [5.74, 6) is -1.28. The number of carbonyl (C=O) groups is 2. The van der Waals surface area contributed by atoms with Crippen LogP contribution in [0.3, 0.4) is 0 Å². The van der Waals surface area contributed by atoms with Gasteiger partial charge in [0.2, 0.25) is 5.91 Å². The van der Waals surface area contributed by atoms with E-state index in [1.807, 2.05) is 17.5 Å². The second kappa shape index (κ2) is 7.01. The van der Waals surface area contributed by atoms with Gasteiger partial charge >= 0.3 is 5.97 Å². The highest BCUT2D eigenvalue weighted by Gasteiger charge is 2.10. The Morgan fingerprint density at radius 2 is 1.96 bits per heavy atom. The number of amides is 1. The fourth-order valence-electron chi connectivity index (χ4n) is 2.11. The Balaban J connectivity index is 1.66. The number of carboxylic acid groups (broad SMARTS) is 1. The topological polar surface area (TPSA) is 92.2 Å². The summed E-state index contributed by atoms with van der Waals surface area (Å²) in [5, 5.41) is 14.3. The molecule has 0 saturated heterocycles. The second-order valence-electron chi connectivity index (χ2n) is 4.99. The molecule has 1 amide bonds. The van der Waals surface area contributed by atoms with Crippen molar-refractivity contribution < 1.29 is 14.7 Å². The lowest BCUT2D eigenvalue weighted by atomic mass is 10.2. The van der Waals surface area contributed by atoms with Crippen LogP contribution < -0.4 is 5.32 Å². The number of carboxylic acids is 1. The van der Waals surface area contributed by atoms with Crippen LogP contribution in [0.5, 0.6) is 0 Å². The molecule has 1 aromatic carbocycles. The molecule has 0 spiro atoms. The number of rotatable bonds is 5. The SMILES string of the molecule is O=C(Cc1csc(-c2ccncc2)n1)Nc1cccc(C(=O)O)c1. The van der Waals surface area contributed by atoms with E-state index in [1.54, 1.807) is 24.5 Å². The first kappa shape index (κ1) is 15.8. The first-order valence-corrected chi connectivity index (χ1v) is 7.98. The van der Waals surface area contributed by atoms with Gasteiger partial charge in [0, 0.05) is 29.0 Å². The molecule has 0 radical (unpaired) electrons. The van der Waals surface area contributed by atoms with Crippen molar-refractivity contribution in [3.05, 3.63) is 65.4 Å². The van der Waals surface area contributed by atoms with Crippen molar-refractivity contribution in [3.8, 4) is 10.6 Å². The van der Waals surface area contributed by atoms with Crippen molar-refractivity contribution in [1.82, 2.24) is 9.97 Å². The molecule has 2 N–H and O–H groups in total. The highest BCUT2D eigenvalue weighted by molar-refractivity contribution is 7.13. The third-order valence-corrected chi connectivity index (χ3v) is 4.15. The Morgan fingerprint density at radius 1 is 1.17 bits per heavy atom. The number of anilines is 1. The largest absolute Gasteiger partial charge is 0.478 e. The molecule has 6 nitrogen and oxygen atoms in total. The van der Waals surface area contributed by atoms with Crippen molar-refractivity contribution in [2.45, 2.75) is 6.42 Å². The summed E-state index contributed by atoms with van der Waals surface area (Å²) in [6, 6.07) is 9.85. The van der Waals surface area contributed by atoms with Gasteiger partial charge in [-0.2, -0.15) is 0 Å². The molecule has 3 rings (SSSR count). The molecule has 0 aliphatic carbocycles. The molecule has 0 saturated carbocycles. The fourth-order valence-corrected chi connectivity index (χ4v) is 2.94. The molecule has 7 heteroatoms. The Bertz CT molecular complexity index is 878. The highest BCUT2D eigenvalue weighted by Crippen LogP contribution is 2.23. The van der Waals surface area contributed by atoms with E-state index < -0.39 is 5.97 Å². The van der Waals surface area contributed by atoms with Crippen molar-refractivity contribution in [2.24, 2.45) is 0 Å². The molecule has 24 heavy (non-hydrogen) atoms. The van der Waals surface area contributed by atoms with Gasteiger partial charge in [0.15, 0.2) is 0 Å². The number of hydrogen-bond donors (Lipinski definition) is 2. The van der Waals surface area contributed by atoms with Gasteiger partial charge in [-0.15, -0.1) is 11.3 Å². The summed E-state index contributed by atoms with van der Waals surface area (Å²) in [5.41, 5.74) is 2.19. The predicted molar refractivity (Wildman–Crippen MR) is 91.1 cm³/mol. The average molecular weight is 339 g/mol. The quantitative estimate of drug-likeness (QED) is 0.745. The third kappa shape index (κ3) is 3.82. The van der Waals surface area contributed by atoms with E-state index in [2.05, 4.69) is 15.3 Å². The number of nitrogens with zero attached hydrogens (tertiary/aromatic N) is 2. The van der Waals surface area contributed by atoms with Crippen molar-refractivity contribution in [2.75, 3.05) is 5.32 Å². The van der Waals surface area contributed by atoms with Crippen LogP contribution in [0.25, 0.3) is 10.6 Å². The van der Waals surface area contributed by atoms with Crippen molar-refractivity contribution in [1.29, 1.82) is 0 Å². The van der Waals surface area contributed by atoms with Gasteiger partial charge in [-0.3, -0.25) is 9.78 Å². The number of hydrogen-bond acceptors (Lipinski definition) is 5. The maximum absolute atomic E-state index is 12.1. The van der Waals surface area contributed by atoms with Crippen LogP contribution in [0.4, 0.5) is 5.69 Å². The summed E-state index contributed by atoms with van der Waals surface area (Å²) in [4.78, 5) is 31.5. The van der Waals surface area contributed by atoms with Crippen LogP contribution in [-0.2, 0) is 11.2 Å². The first-order chi connectivity index (χ1) is 11.6. The molecule has 0 unspecified atom stereocenters. The number of aromatic carboxylic acids is 1. The lowest BCUT2D eigenvalue weighted by Gasteiger charge is -2.05. The molecular weight excluding hydrogens is 326 g/mol. The van der Waals surface area contributed by atoms with E-state index in [9.17, 15) is 9.59 Å². The Kier molecular flexibility index (Phi) is 4.62.